The lowest BCUT2D eigenvalue weighted by Crippen LogP contribution is -1.85. The average molecular weight is 146 g/mol. The molecule has 0 aromatic heterocycles. The average Bonchev–Trinajstić information content (AvgIpc) is 2.07. The Bertz CT molecular complexity index is 214. The molecule has 0 spiro atoms. The Kier molecular flexibility index (Phi) is 3.42. The normalized spacial score (nSPS) is 10.6. The van der Waals surface area contributed by atoms with Crippen LogP contribution in [0.1, 0.15) is 12.0 Å². The van der Waals surface area contributed by atoms with Gasteiger partial charge in [-0.15, -0.1) is 0 Å². The summed E-state index contributed by atoms with van der Waals surface area (Å²) in [5.74, 6) is 0. The van der Waals surface area contributed by atoms with E-state index in [2.05, 4.69) is 18.2 Å². The third-order valence-electron chi connectivity index (χ3n) is 1.38. The Labute approximate surface area is 67.5 Å². The zero-order chi connectivity index (χ0) is 7.94. The van der Waals surface area contributed by atoms with Gasteiger partial charge in [-0.25, -0.2) is 0 Å². The van der Waals surface area contributed by atoms with Crippen molar-refractivity contribution in [1.29, 1.82) is 0 Å². The Hall–Kier alpha value is -1.08. The molecule has 1 rings (SSSR count). The first kappa shape index (κ1) is 8.02. The minimum atomic E-state index is 0.828. The summed E-state index contributed by atoms with van der Waals surface area (Å²) in [5.41, 5.74) is 6.43. The van der Waals surface area contributed by atoms with Crippen molar-refractivity contribution in [2.75, 3.05) is 0 Å². The first-order chi connectivity index (χ1) is 5.43. The molecule has 0 aliphatic rings. The van der Waals surface area contributed by atoms with Crippen LogP contribution in [0.15, 0.2) is 36.4 Å². The maximum absolute atomic E-state index is 5.22. The lowest BCUT2D eigenvalue weighted by Gasteiger charge is -1.89. The van der Waals surface area contributed by atoms with Crippen molar-refractivity contribution in [1.82, 2.24) is 0 Å². The summed E-state index contributed by atoms with van der Waals surface area (Å²) >= 11 is 0. The molecular formula is C10H12N. The highest BCUT2D eigenvalue weighted by Crippen LogP contribution is 2.01. The van der Waals surface area contributed by atoms with Crippen molar-refractivity contribution in [3.63, 3.8) is 0 Å². The van der Waals surface area contributed by atoms with E-state index in [4.69, 9.17) is 5.73 Å². The van der Waals surface area contributed by atoms with Crippen LogP contribution in [0.2, 0.25) is 0 Å². The second kappa shape index (κ2) is 4.69. The molecule has 0 unspecified atom stereocenters. The second-order valence-corrected chi connectivity index (χ2v) is 2.28. The van der Waals surface area contributed by atoms with E-state index >= 15 is 0 Å². The second-order valence-electron chi connectivity index (χ2n) is 2.28. The number of rotatable bonds is 3. The molecule has 1 radical (unpaired) electrons. The Balaban J connectivity index is 2.50. The van der Waals surface area contributed by atoms with Gasteiger partial charge in [-0.2, -0.15) is 0 Å². The van der Waals surface area contributed by atoms with E-state index in [1.807, 2.05) is 24.3 Å². The smallest absolute Gasteiger partial charge is 0.0230 e. The molecule has 0 amide bonds. The van der Waals surface area contributed by atoms with E-state index in [-0.39, 0.29) is 0 Å². The molecular weight excluding hydrogens is 134 g/mol. The number of hydrogen-bond acceptors (Lipinski definition) is 1. The van der Waals surface area contributed by atoms with Gasteiger partial charge >= 0.3 is 0 Å². The van der Waals surface area contributed by atoms with Gasteiger partial charge in [-0.3, -0.25) is 0 Å². The fourth-order valence-electron chi connectivity index (χ4n) is 0.847. The van der Waals surface area contributed by atoms with Crippen molar-refractivity contribution in [3.05, 3.63) is 48.5 Å². The van der Waals surface area contributed by atoms with Gasteiger partial charge in [0.2, 0.25) is 0 Å². The van der Waals surface area contributed by atoms with Crippen molar-refractivity contribution < 1.29 is 0 Å². The molecule has 0 bridgehead atoms. The number of nitrogens with two attached hydrogens (primary N) is 1. The van der Waals surface area contributed by atoms with Crippen LogP contribution in [-0.4, -0.2) is 0 Å². The van der Waals surface area contributed by atoms with Crippen LogP contribution >= 0.6 is 0 Å². The van der Waals surface area contributed by atoms with Gasteiger partial charge in [0.15, 0.2) is 0 Å². The van der Waals surface area contributed by atoms with E-state index in [0.29, 0.717) is 0 Å². The van der Waals surface area contributed by atoms with Crippen molar-refractivity contribution in [2.24, 2.45) is 5.73 Å². The quantitative estimate of drug-likeness (QED) is 0.695. The topological polar surface area (TPSA) is 26.0 Å². The highest BCUT2D eigenvalue weighted by atomic mass is 14.5. The Morgan fingerprint density at radius 3 is 2.55 bits per heavy atom. The molecule has 0 saturated carbocycles. The predicted octanol–water partition coefficient (Wildman–Crippen LogP) is 2.21. The van der Waals surface area contributed by atoms with Gasteiger partial charge in [-0.05, 0) is 12.0 Å². The van der Waals surface area contributed by atoms with E-state index in [9.17, 15) is 0 Å². The summed E-state index contributed by atoms with van der Waals surface area (Å²) in [6, 6.07) is 10.2. The minimum absolute atomic E-state index is 0.828. The Morgan fingerprint density at radius 1 is 1.18 bits per heavy atom. The SMILES string of the molecule is N[CH]CC=Cc1ccccc1. The first-order valence-corrected chi connectivity index (χ1v) is 3.68. The summed E-state index contributed by atoms with van der Waals surface area (Å²) in [4.78, 5) is 0. The van der Waals surface area contributed by atoms with Crippen LogP contribution in [-0.2, 0) is 0 Å². The van der Waals surface area contributed by atoms with Crippen molar-refractivity contribution >= 4 is 6.08 Å². The van der Waals surface area contributed by atoms with Crippen LogP contribution in [0.5, 0.6) is 0 Å². The first-order valence-electron chi connectivity index (χ1n) is 3.68. The Morgan fingerprint density at radius 2 is 1.91 bits per heavy atom. The van der Waals surface area contributed by atoms with Gasteiger partial charge in [0.25, 0.3) is 0 Å². The third kappa shape index (κ3) is 3.01. The van der Waals surface area contributed by atoms with Crippen LogP contribution in [0.25, 0.3) is 6.08 Å². The molecule has 11 heavy (non-hydrogen) atoms. The van der Waals surface area contributed by atoms with E-state index in [1.54, 1.807) is 6.54 Å². The van der Waals surface area contributed by atoms with Crippen LogP contribution in [0, 0.1) is 6.54 Å². The summed E-state index contributed by atoms with van der Waals surface area (Å²) in [6.45, 7) is 1.64. The monoisotopic (exact) mass is 146 g/mol. The van der Waals surface area contributed by atoms with Crippen LogP contribution < -0.4 is 5.73 Å². The van der Waals surface area contributed by atoms with E-state index < -0.39 is 0 Å². The zero-order valence-electron chi connectivity index (χ0n) is 6.40. The minimum Gasteiger partial charge on any atom is -0.326 e. The summed E-state index contributed by atoms with van der Waals surface area (Å²) in [7, 11) is 0. The molecule has 1 heteroatoms. The molecule has 1 aromatic rings. The molecule has 0 atom stereocenters. The third-order valence-corrected chi connectivity index (χ3v) is 1.38. The number of hydrogen-bond donors (Lipinski definition) is 1. The largest absolute Gasteiger partial charge is 0.326 e. The number of benzene rings is 1. The predicted molar refractivity (Wildman–Crippen MR) is 48.6 cm³/mol. The van der Waals surface area contributed by atoms with Gasteiger partial charge in [0, 0.05) is 6.54 Å². The van der Waals surface area contributed by atoms with Crippen molar-refractivity contribution in [3.8, 4) is 0 Å². The molecule has 1 aromatic carbocycles. The molecule has 1 nitrogen and oxygen atoms in total. The van der Waals surface area contributed by atoms with Gasteiger partial charge in [0.1, 0.15) is 0 Å². The fraction of sp³-hybridized carbons (Fsp3) is 0.100. The standard InChI is InChI=1S/C10H12N/c11-9-5-4-8-10-6-2-1-3-7-10/h1-4,6-9H,5,11H2. The van der Waals surface area contributed by atoms with E-state index in [0.717, 1.165) is 6.42 Å². The van der Waals surface area contributed by atoms with Gasteiger partial charge in [0.05, 0.1) is 0 Å². The maximum Gasteiger partial charge on any atom is 0.0230 e. The zero-order valence-corrected chi connectivity index (χ0v) is 6.40. The van der Waals surface area contributed by atoms with Crippen LogP contribution in [0.4, 0.5) is 0 Å². The summed E-state index contributed by atoms with van der Waals surface area (Å²) < 4.78 is 0. The lowest BCUT2D eigenvalue weighted by atomic mass is 10.2. The molecule has 2 N–H and O–H groups in total. The molecule has 0 fully saturated rings. The molecule has 0 aliphatic carbocycles. The maximum atomic E-state index is 5.22. The summed E-state index contributed by atoms with van der Waals surface area (Å²) in [6.07, 6.45) is 4.92. The highest BCUT2D eigenvalue weighted by molar-refractivity contribution is 5.48. The van der Waals surface area contributed by atoms with Gasteiger partial charge < -0.3 is 5.73 Å². The molecule has 0 saturated heterocycles. The van der Waals surface area contributed by atoms with Gasteiger partial charge in [-0.1, -0.05) is 42.5 Å². The molecule has 0 heterocycles. The van der Waals surface area contributed by atoms with Crippen LogP contribution in [0.3, 0.4) is 0 Å². The molecule has 57 valence electrons. The molecule has 0 aliphatic heterocycles. The fourth-order valence-corrected chi connectivity index (χ4v) is 0.847. The summed E-state index contributed by atoms with van der Waals surface area (Å²) in [5, 5.41) is 0. The van der Waals surface area contributed by atoms with E-state index in [1.165, 1.54) is 5.56 Å². The highest BCUT2D eigenvalue weighted by Gasteiger charge is 1.80. The van der Waals surface area contributed by atoms with Crippen molar-refractivity contribution in [2.45, 2.75) is 6.42 Å². The lowest BCUT2D eigenvalue weighted by molar-refractivity contribution is 1.17.